The average molecular weight is 266 g/mol. The first-order chi connectivity index (χ1) is 9.76. The maximum absolute atomic E-state index is 11.3. The molecule has 1 amide bonds. The molecular weight excluding hydrogens is 252 g/mol. The Morgan fingerprint density at radius 2 is 2.10 bits per heavy atom. The van der Waals surface area contributed by atoms with E-state index in [4.69, 9.17) is 0 Å². The molecule has 0 atom stereocenters. The number of carbonyl (C=O) groups is 1. The summed E-state index contributed by atoms with van der Waals surface area (Å²) in [6.45, 7) is 1.83. The van der Waals surface area contributed by atoms with Gasteiger partial charge in [-0.15, -0.1) is 0 Å². The second kappa shape index (κ2) is 5.13. The Morgan fingerprint density at radius 1 is 1.30 bits per heavy atom. The molecule has 5 nitrogen and oxygen atoms in total. The summed E-state index contributed by atoms with van der Waals surface area (Å²) < 4.78 is 1.88. The number of imidazole rings is 1. The van der Waals surface area contributed by atoms with E-state index in [1.807, 2.05) is 54.0 Å². The van der Waals surface area contributed by atoms with Crippen LogP contribution in [-0.2, 0) is 4.79 Å². The van der Waals surface area contributed by atoms with Gasteiger partial charge in [0.05, 0.1) is 5.69 Å². The molecule has 0 fully saturated rings. The lowest BCUT2D eigenvalue weighted by atomic mass is 10.1. The van der Waals surface area contributed by atoms with Crippen molar-refractivity contribution in [3.8, 4) is 11.3 Å². The summed E-state index contributed by atoms with van der Waals surface area (Å²) in [7, 11) is 0. The van der Waals surface area contributed by atoms with Crippen LogP contribution in [0.5, 0.6) is 0 Å². The van der Waals surface area contributed by atoms with Gasteiger partial charge in [-0.3, -0.25) is 9.20 Å². The van der Waals surface area contributed by atoms with E-state index in [1.54, 1.807) is 6.20 Å². The predicted octanol–water partition coefficient (Wildman–Crippen LogP) is 2.74. The molecule has 20 heavy (non-hydrogen) atoms. The van der Waals surface area contributed by atoms with Crippen LogP contribution in [0.4, 0.5) is 5.69 Å². The Balaban J connectivity index is 1.88. The summed E-state index contributed by atoms with van der Waals surface area (Å²) in [6.07, 6.45) is 6.03. The van der Waals surface area contributed by atoms with Crippen LogP contribution in [0.15, 0.2) is 48.9 Å². The highest BCUT2D eigenvalue weighted by atomic mass is 16.1. The number of amides is 1. The first kappa shape index (κ1) is 12.3. The van der Waals surface area contributed by atoms with Crippen LogP contribution in [0.1, 0.15) is 13.3 Å². The third-order valence-electron chi connectivity index (χ3n) is 3.02. The molecule has 1 N–H and O–H groups in total. The molecule has 3 rings (SSSR count). The van der Waals surface area contributed by atoms with Crippen LogP contribution in [0.2, 0.25) is 0 Å². The van der Waals surface area contributed by atoms with E-state index in [-0.39, 0.29) is 5.91 Å². The Kier molecular flexibility index (Phi) is 3.16. The molecule has 5 heteroatoms. The van der Waals surface area contributed by atoms with E-state index in [0.717, 1.165) is 16.9 Å². The lowest BCUT2D eigenvalue weighted by Crippen LogP contribution is -2.08. The molecule has 0 spiro atoms. The summed E-state index contributed by atoms with van der Waals surface area (Å²) in [6, 6.07) is 9.49. The van der Waals surface area contributed by atoms with E-state index >= 15 is 0 Å². The van der Waals surface area contributed by atoms with Crippen molar-refractivity contribution in [2.45, 2.75) is 13.3 Å². The Bertz CT molecular complexity index is 713. The third kappa shape index (κ3) is 2.38. The number of aromatic nitrogens is 3. The predicted molar refractivity (Wildman–Crippen MR) is 77.3 cm³/mol. The molecule has 1 aromatic carbocycles. The SMILES string of the molecule is CCC(=O)Nc1ccc(-c2cn3cccnc3n2)cc1. The number of fused-ring (bicyclic) bond motifs is 1. The van der Waals surface area contributed by atoms with E-state index < -0.39 is 0 Å². The number of nitrogens with one attached hydrogen (secondary N) is 1. The van der Waals surface area contributed by atoms with E-state index in [9.17, 15) is 4.79 Å². The van der Waals surface area contributed by atoms with Gasteiger partial charge in [-0.1, -0.05) is 19.1 Å². The monoisotopic (exact) mass is 266 g/mol. The molecule has 0 aliphatic rings. The normalized spacial score (nSPS) is 10.7. The maximum atomic E-state index is 11.3. The Labute approximate surface area is 116 Å². The fraction of sp³-hybridized carbons (Fsp3) is 0.133. The molecule has 0 unspecified atom stereocenters. The Morgan fingerprint density at radius 3 is 2.80 bits per heavy atom. The van der Waals surface area contributed by atoms with Gasteiger partial charge in [-0.25, -0.2) is 9.97 Å². The van der Waals surface area contributed by atoms with Crippen LogP contribution in [0, 0.1) is 0 Å². The van der Waals surface area contributed by atoms with Gasteiger partial charge in [0, 0.05) is 36.3 Å². The van der Waals surface area contributed by atoms with E-state index in [1.165, 1.54) is 0 Å². The highest BCUT2D eigenvalue weighted by Gasteiger charge is 2.05. The minimum Gasteiger partial charge on any atom is -0.326 e. The van der Waals surface area contributed by atoms with Gasteiger partial charge in [0.15, 0.2) is 0 Å². The summed E-state index contributed by atoms with van der Waals surface area (Å²) >= 11 is 0. The number of carbonyl (C=O) groups excluding carboxylic acids is 1. The minimum absolute atomic E-state index is 0.00896. The summed E-state index contributed by atoms with van der Waals surface area (Å²) in [5.74, 6) is 0.681. The topological polar surface area (TPSA) is 59.3 Å². The van der Waals surface area contributed by atoms with Crippen molar-refractivity contribution in [2.24, 2.45) is 0 Å². The van der Waals surface area contributed by atoms with Crippen molar-refractivity contribution in [1.29, 1.82) is 0 Å². The molecule has 2 heterocycles. The molecular formula is C15H14N4O. The van der Waals surface area contributed by atoms with Gasteiger partial charge in [0.1, 0.15) is 0 Å². The van der Waals surface area contributed by atoms with Gasteiger partial charge in [0.25, 0.3) is 0 Å². The molecule has 0 aliphatic carbocycles. The zero-order valence-electron chi connectivity index (χ0n) is 11.1. The molecule has 0 saturated heterocycles. The molecule has 0 bridgehead atoms. The number of anilines is 1. The minimum atomic E-state index is 0.00896. The van der Waals surface area contributed by atoms with Crippen LogP contribution >= 0.6 is 0 Å². The van der Waals surface area contributed by atoms with Crippen LogP contribution in [-0.4, -0.2) is 20.3 Å². The van der Waals surface area contributed by atoms with Gasteiger partial charge in [0.2, 0.25) is 11.7 Å². The van der Waals surface area contributed by atoms with Crippen molar-refractivity contribution >= 4 is 17.4 Å². The average Bonchev–Trinajstić information content (AvgIpc) is 2.91. The van der Waals surface area contributed by atoms with Crippen LogP contribution < -0.4 is 5.32 Å². The van der Waals surface area contributed by atoms with Crippen molar-refractivity contribution in [2.75, 3.05) is 5.32 Å². The lowest BCUT2D eigenvalue weighted by molar-refractivity contribution is -0.115. The molecule has 3 aromatic rings. The molecule has 2 aromatic heterocycles. The summed E-state index contributed by atoms with van der Waals surface area (Å²) in [4.78, 5) is 20.0. The standard InChI is InChI=1S/C15H14N4O/c1-2-14(20)17-12-6-4-11(5-7-12)13-10-19-9-3-8-16-15(19)18-13/h3-10H,2H2,1H3,(H,17,20). The third-order valence-corrected chi connectivity index (χ3v) is 3.02. The first-order valence-electron chi connectivity index (χ1n) is 6.46. The van der Waals surface area contributed by atoms with Crippen molar-refractivity contribution < 1.29 is 4.79 Å². The lowest BCUT2D eigenvalue weighted by Gasteiger charge is -2.03. The fourth-order valence-electron chi connectivity index (χ4n) is 1.94. The van der Waals surface area contributed by atoms with Crippen molar-refractivity contribution in [3.63, 3.8) is 0 Å². The van der Waals surface area contributed by atoms with E-state index in [2.05, 4.69) is 15.3 Å². The van der Waals surface area contributed by atoms with Gasteiger partial charge in [-0.2, -0.15) is 0 Å². The highest BCUT2D eigenvalue weighted by Crippen LogP contribution is 2.20. The smallest absolute Gasteiger partial charge is 0.234 e. The number of rotatable bonds is 3. The van der Waals surface area contributed by atoms with Crippen LogP contribution in [0.25, 0.3) is 17.0 Å². The van der Waals surface area contributed by atoms with Gasteiger partial charge < -0.3 is 5.32 Å². The Hall–Kier alpha value is -2.69. The number of hydrogen-bond donors (Lipinski definition) is 1. The molecule has 0 aliphatic heterocycles. The molecule has 0 radical (unpaired) electrons. The second-order valence-electron chi connectivity index (χ2n) is 4.43. The maximum Gasteiger partial charge on any atom is 0.234 e. The highest BCUT2D eigenvalue weighted by molar-refractivity contribution is 5.90. The van der Waals surface area contributed by atoms with E-state index in [0.29, 0.717) is 12.2 Å². The molecule has 0 saturated carbocycles. The van der Waals surface area contributed by atoms with Crippen molar-refractivity contribution in [1.82, 2.24) is 14.4 Å². The number of hydrogen-bond acceptors (Lipinski definition) is 3. The largest absolute Gasteiger partial charge is 0.326 e. The number of benzene rings is 1. The summed E-state index contributed by atoms with van der Waals surface area (Å²) in [5, 5.41) is 2.82. The summed E-state index contributed by atoms with van der Waals surface area (Å²) in [5.41, 5.74) is 2.64. The number of nitrogens with zero attached hydrogens (tertiary/aromatic N) is 3. The zero-order valence-corrected chi connectivity index (χ0v) is 11.1. The fourth-order valence-corrected chi connectivity index (χ4v) is 1.94. The van der Waals surface area contributed by atoms with Gasteiger partial charge >= 0.3 is 0 Å². The van der Waals surface area contributed by atoms with Gasteiger partial charge in [-0.05, 0) is 18.2 Å². The zero-order chi connectivity index (χ0) is 13.9. The first-order valence-corrected chi connectivity index (χ1v) is 6.46. The van der Waals surface area contributed by atoms with Crippen molar-refractivity contribution in [3.05, 3.63) is 48.9 Å². The van der Waals surface area contributed by atoms with Crippen LogP contribution in [0.3, 0.4) is 0 Å². The quantitative estimate of drug-likeness (QED) is 0.793. The molecule has 100 valence electrons. The second-order valence-corrected chi connectivity index (χ2v) is 4.43.